The van der Waals surface area contributed by atoms with Gasteiger partial charge in [0.2, 0.25) is 0 Å². The summed E-state index contributed by atoms with van der Waals surface area (Å²) in [6.07, 6.45) is 1.11. The van der Waals surface area contributed by atoms with Crippen LogP contribution in [0.3, 0.4) is 0 Å². The van der Waals surface area contributed by atoms with Gasteiger partial charge in [0.25, 0.3) is 0 Å². The predicted octanol–water partition coefficient (Wildman–Crippen LogP) is 2.30. The minimum absolute atomic E-state index is 0.359. The van der Waals surface area contributed by atoms with E-state index in [-0.39, 0.29) is 0 Å². The topological polar surface area (TPSA) is 50.9 Å². The summed E-state index contributed by atoms with van der Waals surface area (Å²) in [6.45, 7) is 4.77. The number of ether oxygens (including phenoxy) is 1. The van der Waals surface area contributed by atoms with Crippen LogP contribution in [0.4, 0.5) is 0 Å². The van der Waals surface area contributed by atoms with E-state index in [4.69, 9.17) is 15.5 Å². The highest BCUT2D eigenvalue weighted by molar-refractivity contribution is 7.99. The summed E-state index contributed by atoms with van der Waals surface area (Å²) >= 11 is 1.99. The lowest BCUT2D eigenvalue weighted by atomic mass is 10.1. The number of hydrogen-bond donors (Lipinski definition) is 1. The molecule has 0 spiro atoms. The molecule has 2 aliphatic rings. The van der Waals surface area contributed by atoms with Gasteiger partial charge in [-0.05, 0) is 31.0 Å². The molecule has 2 atom stereocenters. The van der Waals surface area contributed by atoms with Gasteiger partial charge in [-0.2, -0.15) is 11.8 Å². The first-order chi connectivity index (χ1) is 10.3. The van der Waals surface area contributed by atoms with Crippen LogP contribution in [0.15, 0.2) is 29.3 Å². The number of aliphatic imine (C=N–C) groups is 1. The van der Waals surface area contributed by atoms with E-state index in [1.54, 1.807) is 0 Å². The average molecular weight is 305 g/mol. The molecule has 2 N–H and O–H groups in total. The molecule has 3 rings (SSSR count). The fourth-order valence-corrected chi connectivity index (χ4v) is 3.61. The van der Waals surface area contributed by atoms with Gasteiger partial charge in [-0.3, -0.25) is 0 Å². The van der Waals surface area contributed by atoms with Gasteiger partial charge in [-0.25, -0.2) is 4.99 Å². The van der Waals surface area contributed by atoms with Gasteiger partial charge in [0.1, 0.15) is 5.75 Å². The van der Waals surface area contributed by atoms with Crippen LogP contribution < -0.4 is 10.5 Å². The monoisotopic (exact) mass is 305 g/mol. The van der Waals surface area contributed by atoms with E-state index in [1.165, 1.54) is 5.56 Å². The summed E-state index contributed by atoms with van der Waals surface area (Å²) < 4.78 is 5.48. The summed E-state index contributed by atoms with van der Waals surface area (Å²) in [6, 6.07) is 8.75. The SMILES string of the molecule is CCOc1ccc([C@@H]2C[C@H]2N=C(N)N2CCSCC2)cc1. The van der Waals surface area contributed by atoms with Crippen LogP contribution in [0.1, 0.15) is 24.8 Å². The highest BCUT2D eigenvalue weighted by Crippen LogP contribution is 2.43. The van der Waals surface area contributed by atoms with Crippen molar-refractivity contribution in [1.82, 2.24) is 4.90 Å². The molecule has 1 aliphatic carbocycles. The van der Waals surface area contributed by atoms with Gasteiger partial charge in [-0.15, -0.1) is 0 Å². The standard InChI is InChI=1S/C16H23N3OS/c1-2-20-13-5-3-12(4-6-13)14-11-15(14)18-16(17)19-7-9-21-10-8-19/h3-6,14-15H,2,7-11H2,1H3,(H2,17,18)/t14-,15+/m0/s1. The van der Waals surface area contributed by atoms with E-state index in [0.717, 1.165) is 42.7 Å². The van der Waals surface area contributed by atoms with E-state index >= 15 is 0 Å². The van der Waals surface area contributed by atoms with Crippen molar-refractivity contribution in [3.05, 3.63) is 29.8 Å². The first-order valence-corrected chi connectivity index (χ1v) is 8.82. The van der Waals surface area contributed by atoms with E-state index in [1.807, 2.05) is 30.8 Å². The number of thioether (sulfide) groups is 1. The van der Waals surface area contributed by atoms with Crippen molar-refractivity contribution in [1.29, 1.82) is 0 Å². The minimum atomic E-state index is 0.359. The molecule has 2 fully saturated rings. The highest BCUT2D eigenvalue weighted by Gasteiger charge is 2.38. The molecule has 0 radical (unpaired) electrons. The van der Waals surface area contributed by atoms with Crippen molar-refractivity contribution in [2.75, 3.05) is 31.2 Å². The number of rotatable bonds is 4. The van der Waals surface area contributed by atoms with Crippen LogP contribution in [-0.4, -0.2) is 48.1 Å². The van der Waals surface area contributed by atoms with Crippen LogP contribution in [0, 0.1) is 0 Å². The maximum atomic E-state index is 6.14. The second-order valence-corrected chi connectivity index (χ2v) is 6.72. The molecule has 1 aliphatic heterocycles. The fraction of sp³-hybridized carbons (Fsp3) is 0.562. The summed E-state index contributed by atoms with van der Waals surface area (Å²) in [5.74, 6) is 4.51. The second kappa shape index (κ2) is 6.60. The van der Waals surface area contributed by atoms with Crippen molar-refractivity contribution in [3.63, 3.8) is 0 Å². The highest BCUT2D eigenvalue weighted by atomic mass is 32.2. The van der Waals surface area contributed by atoms with Gasteiger partial charge in [-0.1, -0.05) is 12.1 Å². The molecule has 114 valence electrons. The molecule has 21 heavy (non-hydrogen) atoms. The smallest absolute Gasteiger partial charge is 0.191 e. The van der Waals surface area contributed by atoms with Gasteiger partial charge in [0.05, 0.1) is 12.6 Å². The Bertz CT molecular complexity index is 497. The molecular weight excluding hydrogens is 282 g/mol. The number of nitrogens with two attached hydrogens (primary N) is 1. The molecule has 0 aromatic heterocycles. The maximum Gasteiger partial charge on any atom is 0.191 e. The second-order valence-electron chi connectivity index (χ2n) is 5.50. The molecule has 0 unspecified atom stereocenters. The third kappa shape index (κ3) is 3.64. The molecular formula is C16H23N3OS. The predicted molar refractivity (Wildman–Crippen MR) is 89.3 cm³/mol. The number of guanidine groups is 1. The zero-order valence-electron chi connectivity index (χ0n) is 12.5. The Morgan fingerprint density at radius 3 is 2.71 bits per heavy atom. The summed E-state index contributed by atoms with van der Waals surface area (Å²) in [5, 5.41) is 0. The third-order valence-electron chi connectivity index (χ3n) is 4.01. The lowest BCUT2D eigenvalue weighted by Gasteiger charge is -2.27. The summed E-state index contributed by atoms with van der Waals surface area (Å²) in [4.78, 5) is 6.92. The van der Waals surface area contributed by atoms with E-state index in [9.17, 15) is 0 Å². The van der Waals surface area contributed by atoms with Crippen molar-refractivity contribution < 1.29 is 4.74 Å². The summed E-state index contributed by atoms with van der Waals surface area (Å²) in [5.41, 5.74) is 7.48. The molecule has 5 heteroatoms. The van der Waals surface area contributed by atoms with Crippen molar-refractivity contribution in [2.24, 2.45) is 10.7 Å². The average Bonchev–Trinajstić information content (AvgIpc) is 3.28. The van der Waals surface area contributed by atoms with Gasteiger partial charge >= 0.3 is 0 Å². The van der Waals surface area contributed by atoms with Gasteiger partial charge in [0.15, 0.2) is 5.96 Å². The lowest BCUT2D eigenvalue weighted by molar-refractivity contribution is 0.340. The molecule has 0 bridgehead atoms. The number of benzene rings is 1. The largest absolute Gasteiger partial charge is 0.494 e. The zero-order valence-corrected chi connectivity index (χ0v) is 13.3. The van der Waals surface area contributed by atoms with E-state index < -0.39 is 0 Å². The first-order valence-electron chi connectivity index (χ1n) is 7.66. The Morgan fingerprint density at radius 1 is 1.33 bits per heavy atom. The molecule has 0 amide bonds. The molecule has 1 heterocycles. The minimum Gasteiger partial charge on any atom is -0.494 e. The normalized spacial score (nSPS) is 25.8. The maximum absolute atomic E-state index is 6.14. The summed E-state index contributed by atoms with van der Waals surface area (Å²) in [7, 11) is 0. The van der Waals surface area contributed by atoms with Crippen molar-refractivity contribution in [2.45, 2.75) is 25.3 Å². The van der Waals surface area contributed by atoms with Crippen molar-refractivity contribution in [3.8, 4) is 5.75 Å². The van der Waals surface area contributed by atoms with Crippen molar-refractivity contribution >= 4 is 17.7 Å². The quantitative estimate of drug-likeness (QED) is 0.685. The van der Waals surface area contributed by atoms with E-state index in [2.05, 4.69) is 17.0 Å². The molecule has 1 aromatic carbocycles. The van der Waals surface area contributed by atoms with Crippen LogP contribution in [0.25, 0.3) is 0 Å². The molecule has 4 nitrogen and oxygen atoms in total. The molecule has 1 saturated carbocycles. The molecule has 1 saturated heterocycles. The van der Waals surface area contributed by atoms with Gasteiger partial charge < -0.3 is 15.4 Å². The van der Waals surface area contributed by atoms with Crippen LogP contribution in [0.5, 0.6) is 5.75 Å². The number of nitrogens with zero attached hydrogens (tertiary/aromatic N) is 2. The molecule has 1 aromatic rings. The zero-order chi connectivity index (χ0) is 14.7. The lowest BCUT2D eigenvalue weighted by Crippen LogP contribution is -2.42. The Kier molecular flexibility index (Phi) is 4.58. The Labute approximate surface area is 130 Å². The third-order valence-corrected chi connectivity index (χ3v) is 4.95. The van der Waals surface area contributed by atoms with Crippen LogP contribution in [0.2, 0.25) is 0 Å². The Hall–Kier alpha value is -1.36. The van der Waals surface area contributed by atoms with Crippen LogP contribution >= 0.6 is 11.8 Å². The Morgan fingerprint density at radius 2 is 2.05 bits per heavy atom. The Balaban J connectivity index is 1.57. The fourth-order valence-electron chi connectivity index (χ4n) is 2.70. The number of hydrogen-bond acceptors (Lipinski definition) is 3. The van der Waals surface area contributed by atoms with Crippen LogP contribution in [-0.2, 0) is 0 Å². The first kappa shape index (κ1) is 14.6. The van der Waals surface area contributed by atoms with E-state index in [0.29, 0.717) is 18.6 Å². The van der Waals surface area contributed by atoms with Gasteiger partial charge in [0, 0.05) is 30.5 Å².